The van der Waals surface area contributed by atoms with Gasteiger partial charge < -0.3 is 20.5 Å². The first-order chi connectivity index (χ1) is 9.10. The highest BCUT2D eigenvalue weighted by Crippen LogP contribution is 2.13. The Morgan fingerprint density at radius 3 is 2.42 bits per heavy atom. The highest BCUT2D eigenvalue weighted by molar-refractivity contribution is 5.36. The Labute approximate surface area is 113 Å². The predicted octanol–water partition coefficient (Wildman–Crippen LogP) is 1.13. The van der Waals surface area contributed by atoms with Crippen LogP contribution in [0.5, 0.6) is 6.01 Å². The lowest BCUT2D eigenvalue weighted by Gasteiger charge is -2.20. The molecule has 1 aromatic rings. The molecule has 1 atom stereocenters. The van der Waals surface area contributed by atoms with Crippen molar-refractivity contribution in [1.29, 1.82) is 0 Å². The third-order valence-corrected chi connectivity index (χ3v) is 2.65. The van der Waals surface area contributed by atoms with Gasteiger partial charge in [-0.3, -0.25) is 0 Å². The van der Waals surface area contributed by atoms with Crippen LogP contribution in [0.4, 0.5) is 11.9 Å². The number of anilines is 2. The fraction of sp³-hybridized carbons (Fsp3) is 0.750. The minimum atomic E-state index is -0.105. The van der Waals surface area contributed by atoms with Crippen LogP contribution in [0.3, 0.4) is 0 Å². The summed E-state index contributed by atoms with van der Waals surface area (Å²) in [5.74, 6) is 1.13. The van der Waals surface area contributed by atoms with Gasteiger partial charge in [-0.25, -0.2) is 0 Å². The maximum atomic E-state index is 9.31. The normalized spacial score (nSPS) is 12.3. The highest BCUT2D eigenvalue weighted by atomic mass is 16.5. The molecule has 0 aromatic carbocycles. The van der Waals surface area contributed by atoms with Crippen LogP contribution in [-0.2, 0) is 0 Å². The molecule has 1 unspecified atom stereocenters. The Morgan fingerprint density at radius 1 is 1.21 bits per heavy atom. The molecule has 1 rings (SSSR count). The van der Waals surface area contributed by atoms with E-state index in [1.165, 1.54) is 7.11 Å². The number of nitrogens with one attached hydrogen (secondary N) is 2. The van der Waals surface area contributed by atoms with Crippen LogP contribution in [0.25, 0.3) is 0 Å². The van der Waals surface area contributed by atoms with E-state index in [0.717, 1.165) is 13.0 Å². The highest BCUT2D eigenvalue weighted by Gasteiger charge is 2.15. The molecule has 0 aliphatic rings. The van der Waals surface area contributed by atoms with Crippen molar-refractivity contribution in [3.8, 4) is 6.01 Å². The summed E-state index contributed by atoms with van der Waals surface area (Å²) in [5.41, 5.74) is 0. The first-order valence-corrected chi connectivity index (χ1v) is 6.52. The molecule has 0 radical (unpaired) electrons. The zero-order chi connectivity index (χ0) is 14.3. The van der Waals surface area contributed by atoms with Gasteiger partial charge in [0, 0.05) is 6.54 Å². The minimum Gasteiger partial charge on any atom is -0.467 e. The van der Waals surface area contributed by atoms with Crippen LogP contribution >= 0.6 is 0 Å². The molecular weight excluding hydrogens is 246 g/mol. The summed E-state index contributed by atoms with van der Waals surface area (Å²) in [5, 5.41) is 15.5. The quantitative estimate of drug-likeness (QED) is 0.651. The van der Waals surface area contributed by atoms with Crippen molar-refractivity contribution in [3.63, 3.8) is 0 Å². The van der Waals surface area contributed by atoms with Crippen molar-refractivity contribution >= 4 is 11.9 Å². The Bertz CT molecular complexity index is 386. The van der Waals surface area contributed by atoms with Gasteiger partial charge in [0.2, 0.25) is 11.9 Å². The van der Waals surface area contributed by atoms with Gasteiger partial charge in [0.05, 0.1) is 19.8 Å². The lowest BCUT2D eigenvalue weighted by atomic mass is 10.1. The molecule has 1 aromatic heterocycles. The Balaban J connectivity index is 2.86. The van der Waals surface area contributed by atoms with Crippen LogP contribution in [-0.4, -0.2) is 46.4 Å². The molecule has 19 heavy (non-hydrogen) atoms. The van der Waals surface area contributed by atoms with Gasteiger partial charge in [-0.15, -0.1) is 0 Å². The second-order valence-electron chi connectivity index (χ2n) is 4.57. The number of hydrogen-bond donors (Lipinski definition) is 3. The van der Waals surface area contributed by atoms with Crippen molar-refractivity contribution in [1.82, 2.24) is 15.0 Å². The van der Waals surface area contributed by atoms with E-state index >= 15 is 0 Å². The Kier molecular flexibility index (Phi) is 6.27. The summed E-state index contributed by atoms with van der Waals surface area (Å²) >= 11 is 0. The maximum Gasteiger partial charge on any atom is 0.322 e. The van der Waals surface area contributed by atoms with E-state index < -0.39 is 0 Å². The van der Waals surface area contributed by atoms with Gasteiger partial charge in [-0.1, -0.05) is 20.8 Å². The van der Waals surface area contributed by atoms with Gasteiger partial charge in [0.25, 0.3) is 0 Å². The van der Waals surface area contributed by atoms with E-state index in [9.17, 15) is 5.11 Å². The van der Waals surface area contributed by atoms with E-state index in [1.54, 1.807) is 0 Å². The summed E-state index contributed by atoms with van der Waals surface area (Å²) in [6.45, 7) is 6.89. The van der Waals surface area contributed by atoms with Gasteiger partial charge in [0.1, 0.15) is 0 Å². The van der Waals surface area contributed by atoms with Crippen LogP contribution in [0.2, 0.25) is 0 Å². The number of nitrogens with zero attached hydrogens (tertiary/aromatic N) is 3. The number of aliphatic hydroxyl groups excluding tert-OH is 1. The van der Waals surface area contributed by atoms with Crippen molar-refractivity contribution < 1.29 is 9.84 Å². The van der Waals surface area contributed by atoms with Gasteiger partial charge in [-0.05, 0) is 12.3 Å². The second kappa shape index (κ2) is 7.73. The van der Waals surface area contributed by atoms with Gasteiger partial charge in [-0.2, -0.15) is 15.0 Å². The molecule has 7 heteroatoms. The van der Waals surface area contributed by atoms with Crippen LogP contribution < -0.4 is 15.4 Å². The van der Waals surface area contributed by atoms with Crippen LogP contribution in [0.15, 0.2) is 0 Å². The third kappa shape index (κ3) is 4.86. The molecule has 108 valence electrons. The van der Waals surface area contributed by atoms with Crippen LogP contribution in [0.1, 0.15) is 27.2 Å². The topological polar surface area (TPSA) is 92.2 Å². The molecule has 1 heterocycles. The van der Waals surface area contributed by atoms with Gasteiger partial charge >= 0.3 is 6.01 Å². The zero-order valence-corrected chi connectivity index (χ0v) is 12.0. The van der Waals surface area contributed by atoms with Crippen molar-refractivity contribution in [2.24, 2.45) is 5.92 Å². The maximum absolute atomic E-state index is 9.31. The molecule has 0 saturated carbocycles. The SMILES string of the molecule is CCCNc1nc(NC(CO)C(C)C)nc(OC)n1. The van der Waals surface area contributed by atoms with Gasteiger partial charge in [0.15, 0.2) is 0 Å². The molecular formula is C12H23N5O2. The predicted molar refractivity (Wildman–Crippen MR) is 74.5 cm³/mol. The monoisotopic (exact) mass is 269 g/mol. The number of ether oxygens (including phenoxy) is 1. The molecule has 0 aliphatic heterocycles. The Hall–Kier alpha value is -1.63. The number of hydrogen-bond acceptors (Lipinski definition) is 7. The molecule has 0 spiro atoms. The lowest BCUT2D eigenvalue weighted by molar-refractivity contribution is 0.248. The second-order valence-corrected chi connectivity index (χ2v) is 4.57. The largest absolute Gasteiger partial charge is 0.467 e. The van der Waals surface area contributed by atoms with E-state index in [2.05, 4.69) is 32.5 Å². The van der Waals surface area contributed by atoms with E-state index in [0.29, 0.717) is 11.9 Å². The van der Waals surface area contributed by atoms with Crippen molar-refractivity contribution in [2.75, 3.05) is 30.9 Å². The molecule has 0 amide bonds. The van der Waals surface area contributed by atoms with E-state index in [4.69, 9.17) is 4.74 Å². The first-order valence-electron chi connectivity index (χ1n) is 6.52. The van der Waals surface area contributed by atoms with Crippen molar-refractivity contribution in [3.05, 3.63) is 0 Å². The minimum absolute atomic E-state index is 0.0172. The molecule has 3 N–H and O–H groups in total. The standard InChI is InChI=1S/C12H23N5O2/c1-5-6-13-10-15-11(17-12(16-10)19-4)14-9(7-18)8(2)3/h8-9,18H,5-7H2,1-4H3,(H2,13,14,15,16,17). The molecule has 0 bridgehead atoms. The molecule has 0 aliphatic carbocycles. The fourth-order valence-corrected chi connectivity index (χ4v) is 1.42. The number of aromatic nitrogens is 3. The number of rotatable bonds is 8. The third-order valence-electron chi connectivity index (χ3n) is 2.65. The van der Waals surface area contributed by atoms with E-state index in [-0.39, 0.29) is 24.6 Å². The molecule has 0 fully saturated rings. The smallest absolute Gasteiger partial charge is 0.322 e. The van der Waals surface area contributed by atoms with Crippen LogP contribution in [0, 0.1) is 5.92 Å². The number of methoxy groups -OCH3 is 1. The summed E-state index contributed by atoms with van der Waals surface area (Å²) in [4.78, 5) is 12.5. The number of aliphatic hydroxyl groups is 1. The Morgan fingerprint density at radius 2 is 1.89 bits per heavy atom. The molecule has 7 nitrogen and oxygen atoms in total. The summed E-state index contributed by atoms with van der Waals surface area (Å²) in [6, 6.07) is 0.141. The average Bonchev–Trinajstić information content (AvgIpc) is 2.41. The van der Waals surface area contributed by atoms with E-state index in [1.807, 2.05) is 13.8 Å². The lowest BCUT2D eigenvalue weighted by Crippen LogP contribution is -2.30. The first kappa shape index (κ1) is 15.4. The fourth-order valence-electron chi connectivity index (χ4n) is 1.42. The zero-order valence-electron chi connectivity index (χ0n) is 12.0. The summed E-state index contributed by atoms with van der Waals surface area (Å²) < 4.78 is 5.05. The average molecular weight is 269 g/mol. The summed E-state index contributed by atoms with van der Waals surface area (Å²) in [7, 11) is 1.51. The van der Waals surface area contributed by atoms with Crippen molar-refractivity contribution in [2.45, 2.75) is 33.2 Å². The molecule has 0 saturated heterocycles. The summed E-state index contributed by atoms with van der Waals surface area (Å²) in [6.07, 6.45) is 0.974.